The van der Waals surface area contributed by atoms with Gasteiger partial charge in [0.25, 0.3) is 5.91 Å². The summed E-state index contributed by atoms with van der Waals surface area (Å²) in [5.74, 6) is -0.250. The summed E-state index contributed by atoms with van der Waals surface area (Å²) in [5, 5.41) is 5.75. The lowest BCUT2D eigenvalue weighted by atomic mass is 10.1. The second-order valence-corrected chi connectivity index (χ2v) is 7.28. The van der Waals surface area contributed by atoms with Crippen LogP contribution in [0.25, 0.3) is 0 Å². The van der Waals surface area contributed by atoms with Crippen molar-refractivity contribution in [3.05, 3.63) is 56.2 Å². The minimum absolute atomic E-state index is 0.124. The first-order valence-corrected chi connectivity index (χ1v) is 9.38. The zero-order valence-electron chi connectivity index (χ0n) is 13.0. The van der Waals surface area contributed by atoms with Gasteiger partial charge in [0.15, 0.2) is 0 Å². The minimum atomic E-state index is -0.250. The number of hydrogen-bond donors (Lipinski definition) is 1. The van der Waals surface area contributed by atoms with Crippen molar-refractivity contribution in [2.24, 2.45) is 0 Å². The molecule has 1 amide bonds. The standard InChI is InChI=1S/C17H18Cl2N2O2S/c18-12-3-1-4-13(19)16(12)17(22)20-11-14(15-5-2-10-24-15)21-6-8-23-9-7-21/h1-5,10,14H,6-9,11H2,(H,20,22)/t14-/m1/s1. The number of ether oxygens (including phenoxy) is 1. The number of carbonyl (C=O) groups excluding carboxylic acids is 1. The van der Waals surface area contributed by atoms with Crippen molar-refractivity contribution < 1.29 is 9.53 Å². The SMILES string of the molecule is O=C(NC[C@H](c1cccs1)N1CCOCC1)c1c(Cl)cccc1Cl. The second kappa shape index (κ2) is 8.32. The first-order valence-electron chi connectivity index (χ1n) is 7.74. The van der Waals surface area contributed by atoms with E-state index in [0.29, 0.717) is 35.4 Å². The lowest BCUT2D eigenvalue weighted by molar-refractivity contribution is 0.0169. The predicted octanol–water partition coefficient (Wildman–Crippen LogP) is 3.86. The Hall–Kier alpha value is -1.11. The molecule has 7 heteroatoms. The maximum atomic E-state index is 12.5. The van der Waals surface area contributed by atoms with Crippen molar-refractivity contribution in [2.45, 2.75) is 6.04 Å². The molecule has 1 aliphatic rings. The first kappa shape index (κ1) is 17.7. The fraction of sp³-hybridized carbons (Fsp3) is 0.353. The molecule has 0 bridgehead atoms. The van der Waals surface area contributed by atoms with Gasteiger partial charge in [-0.2, -0.15) is 0 Å². The lowest BCUT2D eigenvalue weighted by Crippen LogP contribution is -2.43. The summed E-state index contributed by atoms with van der Waals surface area (Å²) in [6.07, 6.45) is 0. The quantitative estimate of drug-likeness (QED) is 0.850. The highest BCUT2D eigenvalue weighted by Gasteiger charge is 2.24. The summed E-state index contributed by atoms with van der Waals surface area (Å²) >= 11 is 13.9. The van der Waals surface area contributed by atoms with Gasteiger partial charge >= 0.3 is 0 Å². The Bertz CT molecular complexity index is 668. The Morgan fingerprint density at radius 1 is 1.21 bits per heavy atom. The second-order valence-electron chi connectivity index (χ2n) is 5.49. The molecular weight excluding hydrogens is 367 g/mol. The maximum Gasteiger partial charge on any atom is 0.254 e. The minimum Gasteiger partial charge on any atom is -0.379 e. The molecule has 1 aromatic heterocycles. The van der Waals surface area contributed by atoms with E-state index >= 15 is 0 Å². The predicted molar refractivity (Wildman–Crippen MR) is 98.2 cm³/mol. The Morgan fingerprint density at radius 2 is 1.92 bits per heavy atom. The largest absolute Gasteiger partial charge is 0.379 e. The van der Waals surface area contributed by atoms with E-state index in [-0.39, 0.29) is 11.9 Å². The van der Waals surface area contributed by atoms with Gasteiger partial charge < -0.3 is 10.1 Å². The molecule has 1 N–H and O–H groups in total. The van der Waals surface area contributed by atoms with Gasteiger partial charge in [0.05, 0.1) is 34.9 Å². The van der Waals surface area contributed by atoms with Gasteiger partial charge in [-0.25, -0.2) is 0 Å². The van der Waals surface area contributed by atoms with Crippen molar-refractivity contribution in [2.75, 3.05) is 32.8 Å². The Balaban J connectivity index is 1.72. The van der Waals surface area contributed by atoms with E-state index in [4.69, 9.17) is 27.9 Å². The highest BCUT2D eigenvalue weighted by atomic mass is 35.5. The molecule has 2 aromatic rings. The van der Waals surface area contributed by atoms with E-state index in [9.17, 15) is 4.79 Å². The first-order chi connectivity index (χ1) is 11.7. The van der Waals surface area contributed by atoms with Crippen LogP contribution in [0.5, 0.6) is 0 Å². The van der Waals surface area contributed by atoms with Crippen molar-refractivity contribution in [3.63, 3.8) is 0 Å². The average Bonchev–Trinajstić information content (AvgIpc) is 3.10. The third-order valence-electron chi connectivity index (χ3n) is 4.00. The lowest BCUT2D eigenvalue weighted by Gasteiger charge is -2.34. The molecule has 0 aliphatic carbocycles. The highest BCUT2D eigenvalue weighted by molar-refractivity contribution is 7.10. The van der Waals surface area contributed by atoms with Crippen LogP contribution in [0.3, 0.4) is 0 Å². The molecule has 1 fully saturated rings. The number of thiophene rings is 1. The molecule has 0 unspecified atom stereocenters. The maximum absolute atomic E-state index is 12.5. The van der Waals surface area contributed by atoms with E-state index in [0.717, 1.165) is 13.1 Å². The highest BCUT2D eigenvalue weighted by Crippen LogP contribution is 2.27. The van der Waals surface area contributed by atoms with Crippen LogP contribution in [0.4, 0.5) is 0 Å². The Kier molecular flexibility index (Phi) is 6.14. The third-order valence-corrected chi connectivity index (χ3v) is 5.61. The van der Waals surface area contributed by atoms with Crippen molar-refractivity contribution in [1.29, 1.82) is 0 Å². The van der Waals surface area contributed by atoms with Gasteiger partial charge in [0.2, 0.25) is 0 Å². The molecule has 24 heavy (non-hydrogen) atoms. The number of nitrogens with zero attached hydrogens (tertiary/aromatic N) is 1. The van der Waals surface area contributed by atoms with Crippen LogP contribution in [0.2, 0.25) is 10.0 Å². The number of amides is 1. The van der Waals surface area contributed by atoms with E-state index in [2.05, 4.69) is 21.7 Å². The fourth-order valence-electron chi connectivity index (χ4n) is 2.77. The van der Waals surface area contributed by atoms with Crippen LogP contribution in [0.1, 0.15) is 21.3 Å². The zero-order chi connectivity index (χ0) is 16.9. The molecule has 4 nitrogen and oxygen atoms in total. The number of halogens is 2. The normalized spacial score (nSPS) is 16.8. The van der Waals surface area contributed by atoms with Gasteiger partial charge in [-0.3, -0.25) is 9.69 Å². The number of carbonyl (C=O) groups is 1. The molecular formula is C17H18Cl2N2O2S. The van der Waals surface area contributed by atoms with E-state index < -0.39 is 0 Å². The number of rotatable bonds is 5. The van der Waals surface area contributed by atoms with Gasteiger partial charge in [0.1, 0.15) is 0 Å². The summed E-state index contributed by atoms with van der Waals surface area (Å²) in [4.78, 5) is 16.1. The molecule has 1 aliphatic heterocycles. The summed E-state index contributed by atoms with van der Waals surface area (Å²) < 4.78 is 5.43. The van der Waals surface area contributed by atoms with Gasteiger partial charge in [-0.05, 0) is 23.6 Å². The summed E-state index contributed by atoms with van der Waals surface area (Å²) in [6, 6.07) is 9.31. The monoisotopic (exact) mass is 384 g/mol. The molecule has 128 valence electrons. The van der Waals surface area contributed by atoms with Gasteiger partial charge in [0, 0.05) is 24.5 Å². The van der Waals surface area contributed by atoms with E-state index in [1.54, 1.807) is 29.5 Å². The van der Waals surface area contributed by atoms with Gasteiger partial charge in [-0.15, -0.1) is 11.3 Å². The summed E-state index contributed by atoms with van der Waals surface area (Å²) in [5.41, 5.74) is 0.327. The molecule has 1 saturated heterocycles. The average molecular weight is 385 g/mol. The number of nitrogens with one attached hydrogen (secondary N) is 1. The Morgan fingerprint density at radius 3 is 2.54 bits per heavy atom. The molecule has 1 atom stereocenters. The fourth-order valence-corrected chi connectivity index (χ4v) is 4.20. The molecule has 0 radical (unpaired) electrons. The molecule has 0 spiro atoms. The van der Waals surface area contributed by atoms with Crippen LogP contribution in [0.15, 0.2) is 35.7 Å². The van der Waals surface area contributed by atoms with E-state index in [1.807, 2.05) is 6.07 Å². The topological polar surface area (TPSA) is 41.6 Å². The zero-order valence-corrected chi connectivity index (χ0v) is 15.3. The number of morpholine rings is 1. The van der Waals surface area contributed by atoms with Crippen LogP contribution in [0, 0.1) is 0 Å². The molecule has 1 aromatic carbocycles. The van der Waals surface area contributed by atoms with Crippen LogP contribution >= 0.6 is 34.5 Å². The molecule has 3 rings (SSSR count). The summed E-state index contributed by atoms with van der Waals surface area (Å²) in [7, 11) is 0. The molecule has 0 saturated carbocycles. The van der Waals surface area contributed by atoms with E-state index in [1.165, 1.54) is 4.88 Å². The van der Waals surface area contributed by atoms with Crippen LogP contribution in [-0.4, -0.2) is 43.7 Å². The van der Waals surface area contributed by atoms with Crippen molar-refractivity contribution in [1.82, 2.24) is 10.2 Å². The summed E-state index contributed by atoms with van der Waals surface area (Å²) in [6.45, 7) is 3.63. The number of hydrogen-bond acceptors (Lipinski definition) is 4. The van der Waals surface area contributed by atoms with Crippen LogP contribution in [-0.2, 0) is 4.74 Å². The smallest absolute Gasteiger partial charge is 0.254 e. The van der Waals surface area contributed by atoms with Crippen molar-refractivity contribution >= 4 is 40.4 Å². The van der Waals surface area contributed by atoms with Gasteiger partial charge in [-0.1, -0.05) is 35.3 Å². The van der Waals surface area contributed by atoms with Crippen LogP contribution < -0.4 is 5.32 Å². The number of benzene rings is 1. The van der Waals surface area contributed by atoms with Crippen molar-refractivity contribution in [3.8, 4) is 0 Å². The molecule has 2 heterocycles. The third kappa shape index (κ3) is 4.10. The Labute approximate surface area is 155 Å².